The lowest BCUT2D eigenvalue weighted by molar-refractivity contribution is 0.0678. The van der Waals surface area contributed by atoms with Crippen LogP contribution in [0.1, 0.15) is 31.3 Å². The highest BCUT2D eigenvalue weighted by atomic mass is 16.5. The third-order valence-corrected chi connectivity index (χ3v) is 3.93. The summed E-state index contributed by atoms with van der Waals surface area (Å²) in [5.74, 6) is -4.75. The number of carbonyl (C=O) groups is 3. The number of nitrogens with one attached hydrogen (secondary N) is 1. The normalized spacial score (nSPS) is 11.5. The number of H-pyrrole nitrogens is 1. The molecule has 2 heterocycles. The van der Waals surface area contributed by atoms with Crippen molar-refractivity contribution in [2.24, 2.45) is 4.99 Å². The molecule has 144 valence electrons. The van der Waals surface area contributed by atoms with Gasteiger partial charge in [0, 0.05) is 24.1 Å². The first kappa shape index (κ1) is 18.8. The molecule has 5 N–H and O–H groups in total. The first-order chi connectivity index (χ1) is 13.3. The molecule has 0 bridgehead atoms. The number of methoxy groups -OCH3 is 1. The van der Waals surface area contributed by atoms with E-state index in [1.165, 1.54) is 13.3 Å². The number of aliphatic imine (C=N–C) groups is 1. The molecule has 11 heteroatoms. The minimum absolute atomic E-state index is 0.0339. The van der Waals surface area contributed by atoms with Gasteiger partial charge >= 0.3 is 17.9 Å². The van der Waals surface area contributed by atoms with E-state index in [0.29, 0.717) is 0 Å². The van der Waals surface area contributed by atoms with Gasteiger partial charge in [0.25, 0.3) is 0 Å². The first-order valence-electron chi connectivity index (χ1n) is 7.70. The predicted molar refractivity (Wildman–Crippen MR) is 96.2 cm³/mol. The summed E-state index contributed by atoms with van der Waals surface area (Å²) in [6.07, 6.45) is 1.27. The van der Waals surface area contributed by atoms with Crippen LogP contribution in [0.25, 0.3) is 21.8 Å². The molecule has 0 aliphatic rings. The number of hydrogen-bond donors (Lipinski definition) is 5. The van der Waals surface area contributed by atoms with Gasteiger partial charge in [0.1, 0.15) is 17.1 Å². The van der Waals surface area contributed by atoms with E-state index in [9.17, 15) is 34.8 Å². The fourth-order valence-electron chi connectivity index (χ4n) is 2.77. The lowest BCUT2D eigenvalue weighted by atomic mass is 10.0. The Kier molecular flexibility index (Phi) is 4.67. The van der Waals surface area contributed by atoms with Crippen LogP contribution in [-0.2, 0) is 4.74 Å². The molecule has 1 aromatic carbocycles. The smallest absolute Gasteiger partial charge is 0.354 e. The van der Waals surface area contributed by atoms with Gasteiger partial charge in [0.05, 0.1) is 23.2 Å². The Morgan fingerprint density at radius 2 is 1.89 bits per heavy atom. The summed E-state index contributed by atoms with van der Waals surface area (Å²) in [7, 11) is 1.41. The molecule has 0 saturated heterocycles. The highest BCUT2D eigenvalue weighted by molar-refractivity contribution is 6.21. The molecule has 0 atom stereocenters. The summed E-state index contributed by atoms with van der Waals surface area (Å²) in [5, 5.41) is 38.5. The average Bonchev–Trinajstić information content (AvgIpc) is 3.09. The summed E-state index contributed by atoms with van der Waals surface area (Å²) >= 11 is 0. The van der Waals surface area contributed by atoms with Gasteiger partial charge in [-0.1, -0.05) is 0 Å². The van der Waals surface area contributed by atoms with E-state index in [0.717, 1.165) is 12.1 Å². The predicted octanol–water partition coefficient (Wildman–Crippen LogP) is 1.86. The van der Waals surface area contributed by atoms with Gasteiger partial charge < -0.3 is 30.1 Å². The second-order valence-corrected chi connectivity index (χ2v) is 5.63. The summed E-state index contributed by atoms with van der Waals surface area (Å²) in [6.45, 7) is 0.0585. The zero-order valence-corrected chi connectivity index (χ0v) is 14.3. The number of aromatic hydroxyl groups is 1. The number of pyridine rings is 1. The molecule has 0 spiro atoms. The van der Waals surface area contributed by atoms with Crippen LogP contribution in [0.2, 0.25) is 0 Å². The molecule has 3 aromatic rings. The Labute approximate surface area is 155 Å². The number of phenols is 1. The van der Waals surface area contributed by atoms with Crippen molar-refractivity contribution >= 4 is 51.6 Å². The van der Waals surface area contributed by atoms with Crippen LogP contribution in [-0.4, -0.2) is 68.2 Å². The molecule has 28 heavy (non-hydrogen) atoms. The van der Waals surface area contributed by atoms with Crippen molar-refractivity contribution in [3.63, 3.8) is 0 Å². The van der Waals surface area contributed by atoms with Gasteiger partial charge in [-0.3, -0.25) is 4.99 Å². The minimum Gasteiger partial charge on any atom is -0.505 e. The molecule has 2 aromatic heterocycles. The number of aromatic amines is 1. The molecule has 3 rings (SSSR count). The number of carboxylic acids is 3. The lowest BCUT2D eigenvalue weighted by Crippen LogP contribution is -2.07. The van der Waals surface area contributed by atoms with Gasteiger partial charge in [-0.2, -0.15) is 0 Å². The Hall–Kier alpha value is -3.99. The van der Waals surface area contributed by atoms with Gasteiger partial charge in [0.15, 0.2) is 5.75 Å². The van der Waals surface area contributed by atoms with E-state index in [1.807, 2.05) is 0 Å². The quantitative estimate of drug-likeness (QED) is 0.394. The third-order valence-electron chi connectivity index (χ3n) is 3.93. The van der Waals surface area contributed by atoms with Crippen molar-refractivity contribution in [1.82, 2.24) is 9.97 Å². The molecular weight excluding hydrogens is 374 g/mol. The number of aromatic carboxylic acids is 3. The van der Waals surface area contributed by atoms with E-state index in [4.69, 9.17) is 4.74 Å². The standard InChI is InChI=1S/C17H13N3O8/c1-28-3-2-18-13-12-10(6(15(22)23)4-8(20-12)16(24)25)11-7(14(13)21)5-9(19-11)17(26)27/h2,4-5,20-21H,3H2,1H3,(H,22,23)(H,24,25)(H,26,27). The summed E-state index contributed by atoms with van der Waals surface area (Å²) in [4.78, 5) is 44.9. The van der Waals surface area contributed by atoms with Gasteiger partial charge in [-0.05, 0) is 12.1 Å². The van der Waals surface area contributed by atoms with E-state index in [-0.39, 0.29) is 34.1 Å². The molecule has 0 radical (unpaired) electrons. The lowest BCUT2D eigenvalue weighted by Gasteiger charge is -2.11. The molecular formula is C17H13N3O8. The summed E-state index contributed by atoms with van der Waals surface area (Å²) in [6, 6.07) is 1.97. The van der Waals surface area contributed by atoms with Crippen LogP contribution in [0, 0.1) is 0 Å². The third kappa shape index (κ3) is 2.99. The zero-order valence-electron chi connectivity index (χ0n) is 14.3. The average molecular weight is 387 g/mol. The summed E-state index contributed by atoms with van der Waals surface area (Å²) < 4.78 is 4.84. The van der Waals surface area contributed by atoms with Crippen molar-refractivity contribution in [1.29, 1.82) is 0 Å². The topological polar surface area (TPSA) is 182 Å². The minimum atomic E-state index is -1.46. The van der Waals surface area contributed by atoms with Crippen LogP contribution in [0.15, 0.2) is 17.1 Å². The van der Waals surface area contributed by atoms with E-state index >= 15 is 0 Å². The number of hydrogen-bond acceptors (Lipinski definition) is 7. The number of carboxylic acid groups (broad SMARTS) is 3. The van der Waals surface area contributed by atoms with E-state index in [1.54, 1.807) is 0 Å². The number of fused-ring (bicyclic) bond motifs is 3. The molecule has 0 saturated carbocycles. The van der Waals surface area contributed by atoms with Crippen molar-refractivity contribution < 1.29 is 39.5 Å². The van der Waals surface area contributed by atoms with Crippen LogP contribution < -0.4 is 0 Å². The second kappa shape index (κ2) is 6.96. The van der Waals surface area contributed by atoms with Crippen LogP contribution in [0.4, 0.5) is 5.69 Å². The fourth-order valence-corrected chi connectivity index (χ4v) is 2.77. The molecule has 0 unspecified atom stereocenters. The Morgan fingerprint density at radius 1 is 1.18 bits per heavy atom. The van der Waals surface area contributed by atoms with E-state index in [2.05, 4.69) is 15.0 Å². The Morgan fingerprint density at radius 3 is 2.46 bits per heavy atom. The second-order valence-electron chi connectivity index (χ2n) is 5.63. The van der Waals surface area contributed by atoms with Gasteiger partial charge in [0.2, 0.25) is 0 Å². The first-order valence-corrected chi connectivity index (χ1v) is 7.70. The molecule has 0 aliphatic heterocycles. The number of benzene rings is 1. The number of phenolic OH excluding ortho intramolecular Hbond substituents is 1. The van der Waals surface area contributed by atoms with Gasteiger partial charge in [-0.15, -0.1) is 0 Å². The highest BCUT2D eigenvalue weighted by Gasteiger charge is 2.25. The molecule has 0 aliphatic carbocycles. The van der Waals surface area contributed by atoms with Crippen LogP contribution in [0.3, 0.4) is 0 Å². The van der Waals surface area contributed by atoms with Crippen molar-refractivity contribution in [3.8, 4) is 5.75 Å². The maximum atomic E-state index is 11.8. The van der Waals surface area contributed by atoms with Gasteiger partial charge in [-0.25, -0.2) is 19.4 Å². The number of ether oxygens (including phenoxy) is 1. The Balaban J connectivity index is 2.57. The maximum absolute atomic E-state index is 11.8. The van der Waals surface area contributed by atoms with Crippen LogP contribution in [0.5, 0.6) is 5.75 Å². The van der Waals surface area contributed by atoms with Crippen molar-refractivity contribution in [2.45, 2.75) is 0 Å². The number of aromatic nitrogens is 2. The van der Waals surface area contributed by atoms with E-state index < -0.39 is 40.6 Å². The van der Waals surface area contributed by atoms with Crippen LogP contribution >= 0.6 is 0 Å². The monoisotopic (exact) mass is 387 g/mol. The fraction of sp³-hybridized carbons (Fsp3) is 0.118. The van der Waals surface area contributed by atoms with Crippen molar-refractivity contribution in [2.75, 3.05) is 13.7 Å². The van der Waals surface area contributed by atoms with Crippen molar-refractivity contribution in [3.05, 3.63) is 29.1 Å². The molecule has 11 nitrogen and oxygen atoms in total. The largest absolute Gasteiger partial charge is 0.505 e. The highest BCUT2D eigenvalue weighted by Crippen LogP contribution is 2.43. The molecule has 0 amide bonds. The zero-order chi connectivity index (χ0) is 20.6. The number of nitrogens with zero attached hydrogens (tertiary/aromatic N) is 2. The number of rotatable bonds is 6. The SMILES string of the molecule is COCC=Nc1c(O)c2cc(C(=O)O)nc2c2c(C(=O)O)cc(C(=O)O)[nH]c12. The Bertz CT molecular complexity index is 1180. The molecule has 0 fully saturated rings. The maximum Gasteiger partial charge on any atom is 0.354 e. The summed E-state index contributed by atoms with van der Waals surface area (Å²) in [5.41, 5.74) is -1.71.